The smallest absolute Gasteiger partial charge is 0.195 e. The molecule has 0 heterocycles. The quantitative estimate of drug-likeness (QED) is 0.427. The molecule has 0 fully saturated rings. The van der Waals surface area contributed by atoms with Crippen LogP contribution in [0.2, 0.25) is 10.0 Å². The van der Waals surface area contributed by atoms with Gasteiger partial charge in [-0.2, -0.15) is 0 Å². The summed E-state index contributed by atoms with van der Waals surface area (Å²) in [5.41, 5.74) is 3.18. The summed E-state index contributed by atoms with van der Waals surface area (Å²) in [5.74, 6) is -0.0585. The number of ketones is 1. The number of fused-ring (bicyclic) bond motifs is 2. The number of hydrogen-bond donors (Lipinski definition) is 0. The Morgan fingerprint density at radius 1 is 0.800 bits per heavy atom. The monoisotopic (exact) mass is 298 g/mol. The van der Waals surface area contributed by atoms with E-state index in [0.29, 0.717) is 21.2 Å². The molecular weight excluding hydrogens is 291 g/mol. The van der Waals surface area contributed by atoms with Crippen molar-refractivity contribution in [3.05, 3.63) is 69.7 Å². The molecule has 0 spiro atoms. The second kappa shape index (κ2) is 4.08. The third-order valence-corrected chi connectivity index (χ3v) is 4.53. The fourth-order valence-electron chi connectivity index (χ4n) is 2.89. The molecule has 20 heavy (non-hydrogen) atoms. The van der Waals surface area contributed by atoms with Crippen molar-refractivity contribution in [3.63, 3.8) is 0 Å². The fourth-order valence-corrected chi connectivity index (χ4v) is 3.33. The van der Waals surface area contributed by atoms with E-state index in [-0.39, 0.29) is 5.78 Å². The van der Waals surface area contributed by atoms with E-state index in [1.165, 1.54) is 0 Å². The Kier molecular flexibility index (Phi) is 2.44. The summed E-state index contributed by atoms with van der Waals surface area (Å²) < 4.78 is 0. The molecule has 0 unspecified atom stereocenters. The van der Waals surface area contributed by atoms with E-state index >= 15 is 0 Å². The zero-order valence-electron chi connectivity index (χ0n) is 10.3. The highest BCUT2D eigenvalue weighted by molar-refractivity contribution is 6.47. The average Bonchev–Trinajstić information content (AvgIpc) is 2.47. The van der Waals surface area contributed by atoms with Crippen molar-refractivity contribution in [2.75, 3.05) is 0 Å². The van der Waals surface area contributed by atoms with Crippen molar-refractivity contribution in [1.29, 1.82) is 0 Å². The van der Waals surface area contributed by atoms with Gasteiger partial charge in [-0.25, -0.2) is 0 Å². The van der Waals surface area contributed by atoms with Crippen LogP contribution in [-0.2, 0) is 0 Å². The highest BCUT2D eigenvalue weighted by atomic mass is 35.5. The van der Waals surface area contributed by atoms with E-state index in [9.17, 15) is 4.79 Å². The highest BCUT2D eigenvalue weighted by Gasteiger charge is 2.27. The lowest BCUT2D eigenvalue weighted by atomic mass is 9.83. The molecule has 0 saturated heterocycles. The minimum absolute atomic E-state index is 0.0585. The van der Waals surface area contributed by atoms with Crippen LogP contribution >= 0.6 is 23.2 Å². The molecule has 96 valence electrons. The van der Waals surface area contributed by atoms with Gasteiger partial charge in [-0.3, -0.25) is 4.79 Å². The van der Waals surface area contributed by atoms with E-state index in [1.807, 2.05) is 48.5 Å². The van der Waals surface area contributed by atoms with Crippen LogP contribution in [0, 0.1) is 0 Å². The van der Waals surface area contributed by atoms with Crippen LogP contribution in [0.4, 0.5) is 0 Å². The van der Waals surface area contributed by atoms with Crippen molar-refractivity contribution in [2.24, 2.45) is 0 Å². The number of hydrogen-bond acceptors (Lipinski definition) is 1. The molecule has 0 saturated carbocycles. The molecule has 4 rings (SSSR count). The summed E-state index contributed by atoms with van der Waals surface area (Å²) in [6.45, 7) is 0. The van der Waals surface area contributed by atoms with Gasteiger partial charge in [0.2, 0.25) is 0 Å². The van der Waals surface area contributed by atoms with Crippen LogP contribution < -0.4 is 0 Å². The van der Waals surface area contributed by atoms with Crippen LogP contribution in [0.5, 0.6) is 0 Å². The first-order chi connectivity index (χ1) is 9.68. The molecule has 0 radical (unpaired) electrons. The molecule has 1 nitrogen and oxygen atoms in total. The Morgan fingerprint density at radius 2 is 1.50 bits per heavy atom. The summed E-state index contributed by atoms with van der Waals surface area (Å²) in [6.07, 6.45) is 0. The second-order valence-corrected chi connectivity index (χ2v) is 5.61. The van der Waals surface area contributed by atoms with E-state index in [4.69, 9.17) is 23.2 Å². The second-order valence-electron chi connectivity index (χ2n) is 4.83. The molecular formula is C17H8Cl2O. The van der Waals surface area contributed by atoms with Gasteiger partial charge in [0.25, 0.3) is 0 Å². The van der Waals surface area contributed by atoms with Gasteiger partial charge in [-0.15, -0.1) is 0 Å². The SMILES string of the molecule is O=C1c2ccccc2-c2cccc3cc(Cl)c(Cl)c1c23. The zero-order chi connectivity index (χ0) is 13.9. The third-order valence-electron chi connectivity index (χ3n) is 3.75. The van der Waals surface area contributed by atoms with Crippen LogP contribution in [0.15, 0.2) is 48.5 Å². The predicted octanol–water partition coefficient (Wildman–Crippen LogP) is 5.36. The van der Waals surface area contributed by atoms with Gasteiger partial charge in [-0.1, -0.05) is 65.7 Å². The molecule has 3 aromatic carbocycles. The normalized spacial score (nSPS) is 12.6. The van der Waals surface area contributed by atoms with Crippen LogP contribution in [0.25, 0.3) is 21.9 Å². The van der Waals surface area contributed by atoms with Crippen molar-refractivity contribution >= 4 is 39.8 Å². The molecule has 1 aliphatic carbocycles. The first kappa shape index (κ1) is 12.0. The molecule has 0 aliphatic heterocycles. The zero-order valence-corrected chi connectivity index (χ0v) is 11.8. The first-order valence-corrected chi connectivity index (χ1v) is 6.99. The van der Waals surface area contributed by atoms with Gasteiger partial charge in [-0.05, 0) is 22.6 Å². The van der Waals surface area contributed by atoms with Gasteiger partial charge in [0.05, 0.1) is 15.6 Å². The topological polar surface area (TPSA) is 17.1 Å². The van der Waals surface area contributed by atoms with E-state index in [1.54, 1.807) is 0 Å². The summed E-state index contributed by atoms with van der Waals surface area (Å²) in [7, 11) is 0. The van der Waals surface area contributed by atoms with Gasteiger partial charge < -0.3 is 0 Å². The predicted molar refractivity (Wildman–Crippen MR) is 82.8 cm³/mol. The number of rotatable bonds is 0. The fraction of sp³-hybridized carbons (Fsp3) is 0. The van der Waals surface area contributed by atoms with Gasteiger partial charge >= 0.3 is 0 Å². The summed E-state index contributed by atoms with van der Waals surface area (Å²) >= 11 is 12.4. The lowest BCUT2D eigenvalue weighted by molar-refractivity contribution is 0.104. The van der Waals surface area contributed by atoms with Crippen LogP contribution in [0.3, 0.4) is 0 Å². The standard InChI is InChI=1S/C17H8Cl2O/c18-13-8-9-4-3-7-11-10-5-1-2-6-12(10)17(20)15(14(9)11)16(13)19/h1-8H. The van der Waals surface area contributed by atoms with Gasteiger partial charge in [0.15, 0.2) is 5.78 Å². The number of halogens is 2. The number of benzene rings is 3. The molecule has 0 atom stereocenters. The maximum absolute atomic E-state index is 12.7. The third kappa shape index (κ3) is 1.42. The van der Waals surface area contributed by atoms with E-state index in [0.717, 1.165) is 21.9 Å². The summed E-state index contributed by atoms with van der Waals surface area (Å²) in [4.78, 5) is 12.7. The number of carbonyl (C=O) groups is 1. The maximum Gasteiger partial charge on any atom is 0.195 e. The Labute approximate surface area is 125 Å². The Bertz CT molecular complexity index is 897. The van der Waals surface area contributed by atoms with E-state index in [2.05, 4.69) is 0 Å². The average molecular weight is 299 g/mol. The van der Waals surface area contributed by atoms with Crippen molar-refractivity contribution < 1.29 is 4.79 Å². The van der Waals surface area contributed by atoms with Crippen molar-refractivity contribution in [3.8, 4) is 11.1 Å². The highest BCUT2D eigenvalue weighted by Crippen LogP contribution is 2.44. The maximum atomic E-state index is 12.7. The van der Waals surface area contributed by atoms with Crippen molar-refractivity contribution in [1.82, 2.24) is 0 Å². The molecule has 0 N–H and O–H groups in total. The lowest BCUT2D eigenvalue weighted by Crippen LogP contribution is -2.10. The summed E-state index contributed by atoms with van der Waals surface area (Å²) in [6, 6.07) is 15.3. The van der Waals surface area contributed by atoms with Crippen LogP contribution in [-0.4, -0.2) is 5.78 Å². The molecule has 1 aliphatic rings. The number of carbonyl (C=O) groups excluding carboxylic acids is 1. The molecule has 0 aromatic heterocycles. The molecule has 3 heteroatoms. The molecule has 0 bridgehead atoms. The van der Waals surface area contributed by atoms with Crippen molar-refractivity contribution in [2.45, 2.75) is 0 Å². The van der Waals surface area contributed by atoms with Gasteiger partial charge in [0.1, 0.15) is 0 Å². The Morgan fingerprint density at radius 3 is 2.30 bits per heavy atom. The minimum atomic E-state index is -0.0585. The van der Waals surface area contributed by atoms with Crippen LogP contribution in [0.1, 0.15) is 15.9 Å². The lowest BCUT2D eigenvalue weighted by Gasteiger charge is -2.21. The minimum Gasteiger partial charge on any atom is -0.289 e. The van der Waals surface area contributed by atoms with E-state index < -0.39 is 0 Å². The molecule has 0 amide bonds. The Balaban J connectivity index is 2.30. The largest absolute Gasteiger partial charge is 0.289 e. The van der Waals surface area contributed by atoms with Gasteiger partial charge in [0, 0.05) is 10.9 Å². The first-order valence-electron chi connectivity index (χ1n) is 6.23. The molecule has 3 aromatic rings. The summed E-state index contributed by atoms with van der Waals surface area (Å²) in [5, 5.41) is 2.59. The Hall–Kier alpha value is -1.83.